The van der Waals surface area contributed by atoms with E-state index in [0.29, 0.717) is 6.54 Å². The first kappa shape index (κ1) is 15.7. The molecular weight excluding hydrogens is 312 g/mol. The molecule has 2 heterocycles. The molecule has 0 saturated heterocycles. The van der Waals surface area contributed by atoms with Crippen molar-refractivity contribution in [2.24, 2.45) is 0 Å². The van der Waals surface area contributed by atoms with E-state index >= 15 is 0 Å². The van der Waals surface area contributed by atoms with Gasteiger partial charge in [-0.25, -0.2) is 4.98 Å². The number of rotatable bonds is 7. The lowest BCUT2D eigenvalue weighted by atomic mass is 10.3. The molecule has 23 heavy (non-hydrogen) atoms. The quantitative estimate of drug-likeness (QED) is 0.712. The molecular formula is C17H18N2O3S. The Kier molecular flexibility index (Phi) is 4.73. The van der Waals surface area contributed by atoms with Crippen LogP contribution in [0.15, 0.2) is 40.8 Å². The molecule has 0 aliphatic heterocycles. The molecule has 0 unspecified atom stereocenters. The van der Waals surface area contributed by atoms with Gasteiger partial charge < -0.3 is 9.52 Å². The minimum atomic E-state index is -0.823. The third kappa shape index (κ3) is 3.78. The van der Waals surface area contributed by atoms with Gasteiger partial charge in [0, 0.05) is 0 Å². The number of aliphatic carboxylic acids is 1. The highest BCUT2D eigenvalue weighted by Crippen LogP contribution is 2.31. The molecule has 0 aliphatic rings. The molecule has 3 rings (SSSR count). The summed E-state index contributed by atoms with van der Waals surface area (Å²) in [4.78, 5) is 17.4. The van der Waals surface area contributed by atoms with Crippen molar-refractivity contribution in [3.05, 3.63) is 42.2 Å². The Morgan fingerprint density at radius 3 is 2.87 bits per heavy atom. The zero-order chi connectivity index (χ0) is 16.2. The average molecular weight is 330 g/mol. The molecule has 5 nitrogen and oxygen atoms in total. The van der Waals surface area contributed by atoms with Crippen molar-refractivity contribution >= 4 is 27.5 Å². The summed E-state index contributed by atoms with van der Waals surface area (Å²) in [5, 5.41) is 9.82. The number of para-hydroxylation sites is 1. The first-order chi connectivity index (χ1) is 11.2. The summed E-state index contributed by atoms with van der Waals surface area (Å²) in [5.41, 5.74) is 0.962. The Balaban J connectivity index is 1.77. The molecule has 0 fully saturated rings. The van der Waals surface area contributed by atoms with E-state index in [2.05, 4.69) is 4.98 Å². The second-order valence-corrected chi connectivity index (χ2v) is 6.39. The van der Waals surface area contributed by atoms with E-state index in [1.807, 2.05) is 48.2 Å². The number of carboxylic acids is 1. The first-order valence-corrected chi connectivity index (χ1v) is 8.36. The van der Waals surface area contributed by atoms with Crippen molar-refractivity contribution in [2.45, 2.75) is 19.9 Å². The molecule has 1 aromatic carbocycles. The number of thiazole rings is 1. The Labute approximate surface area is 138 Å². The predicted molar refractivity (Wildman–Crippen MR) is 90.5 cm³/mol. The number of hydrogen-bond acceptors (Lipinski definition) is 5. The molecule has 6 heteroatoms. The van der Waals surface area contributed by atoms with Gasteiger partial charge in [-0.2, -0.15) is 0 Å². The van der Waals surface area contributed by atoms with Crippen LogP contribution in [0.25, 0.3) is 21.0 Å². The van der Waals surface area contributed by atoms with Gasteiger partial charge in [0.05, 0.1) is 23.3 Å². The van der Waals surface area contributed by atoms with Gasteiger partial charge >= 0.3 is 5.97 Å². The van der Waals surface area contributed by atoms with Gasteiger partial charge in [-0.1, -0.05) is 19.1 Å². The van der Waals surface area contributed by atoms with E-state index in [0.717, 1.165) is 39.7 Å². The summed E-state index contributed by atoms with van der Waals surface area (Å²) >= 11 is 1.59. The number of carbonyl (C=O) groups is 1. The maximum atomic E-state index is 10.9. The van der Waals surface area contributed by atoms with Crippen LogP contribution in [0.4, 0.5) is 0 Å². The molecule has 2 aromatic heterocycles. The van der Waals surface area contributed by atoms with Gasteiger partial charge in [-0.15, -0.1) is 11.3 Å². The fraction of sp³-hybridized carbons (Fsp3) is 0.294. The van der Waals surface area contributed by atoms with Crippen LogP contribution in [0.5, 0.6) is 0 Å². The first-order valence-electron chi connectivity index (χ1n) is 7.54. The number of fused-ring (bicyclic) bond motifs is 1. The van der Waals surface area contributed by atoms with E-state index in [4.69, 9.17) is 9.52 Å². The zero-order valence-corrected chi connectivity index (χ0v) is 13.7. The van der Waals surface area contributed by atoms with Gasteiger partial charge in [-0.3, -0.25) is 9.69 Å². The number of hydrogen-bond donors (Lipinski definition) is 1. The monoisotopic (exact) mass is 330 g/mol. The minimum absolute atomic E-state index is 0.0189. The van der Waals surface area contributed by atoms with Crippen LogP contribution in [-0.2, 0) is 11.3 Å². The maximum absolute atomic E-state index is 10.9. The van der Waals surface area contributed by atoms with Crippen molar-refractivity contribution in [1.29, 1.82) is 0 Å². The lowest BCUT2D eigenvalue weighted by Crippen LogP contribution is -2.29. The number of carboxylic acid groups (broad SMARTS) is 1. The number of aromatic nitrogens is 1. The number of nitrogens with zero attached hydrogens (tertiary/aromatic N) is 2. The van der Waals surface area contributed by atoms with E-state index < -0.39 is 5.97 Å². The SMILES string of the molecule is CCCN(CC(=O)O)Cc1ccc(-c2nc3ccccc3s2)o1. The largest absolute Gasteiger partial charge is 0.480 e. The fourth-order valence-electron chi connectivity index (χ4n) is 2.50. The van der Waals surface area contributed by atoms with Crippen molar-refractivity contribution in [1.82, 2.24) is 9.88 Å². The Bertz CT molecular complexity index is 776. The second kappa shape index (κ2) is 6.93. The zero-order valence-electron chi connectivity index (χ0n) is 12.9. The van der Waals surface area contributed by atoms with Crippen LogP contribution in [-0.4, -0.2) is 34.0 Å². The standard InChI is InChI=1S/C17H18N2O3S/c1-2-9-19(11-16(20)21)10-12-7-8-14(22-12)17-18-13-5-3-4-6-15(13)23-17/h3-8H,2,9-11H2,1H3,(H,20,21). The normalized spacial score (nSPS) is 11.4. The minimum Gasteiger partial charge on any atom is -0.480 e. The van der Waals surface area contributed by atoms with E-state index in [9.17, 15) is 4.79 Å². The number of furan rings is 1. The van der Waals surface area contributed by atoms with Crippen LogP contribution in [0.2, 0.25) is 0 Å². The molecule has 0 radical (unpaired) electrons. The second-order valence-electron chi connectivity index (χ2n) is 5.36. The Hall–Kier alpha value is -2.18. The summed E-state index contributed by atoms with van der Waals surface area (Å²) in [6, 6.07) is 11.8. The Morgan fingerprint density at radius 2 is 2.13 bits per heavy atom. The molecule has 120 valence electrons. The molecule has 0 amide bonds. The van der Waals surface area contributed by atoms with Crippen LogP contribution >= 0.6 is 11.3 Å². The highest BCUT2D eigenvalue weighted by molar-refractivity contribution is 7.21. The summed E-state index contributed by atoms with van der Waals surface area (Å²) < 4.78 is 6.99. The van der Waals surface area contributed by atoms with Crippen molar-refractivity contribution in [3.63, 3.8) is 0 Å². The third-order valence-electron chi connectivity index (χ3n) is 3.44. The highest BCUT2D eigenvalue weighted by Gasteiger charge is 2.14. The smallest absolute Gasteiger partial charge is 0.317 e. The van der Waals surface area contributed by atoms with Crippen LogP contribution in [0, 0.1) is 0 Å². The summed E-state index contributed by atoms with van der Waals surface area (Å²) in [6.07, 6.45) is 0.902. The van der Waals surface area contributed by atoms with E-state index in [1.54, 1.807) is 11.3 Å². The lowest BCUT2D eigenvalue weighted by molar-refractivity contribution is -0.138. The molecule has 0 atom stereocenters. The van der Waals surface area contributed by atoms with Gasteiger partial charge in [-0.05, 0) is 37.2 Å². The van der Waals surface area contributed by atoms with Crippen LogP contribution in [0.3, 0.4) is 0 Å². The molecule has 0 spiro atoms. The summed E-state index contributed by atoms with van der Waals surface area (Å²) in [6.45, 7) is 3.27. The molecule has 1 N–H and O–H groups in total. The maximum Gasteiger partial charge on any atom is 0.317 e. The lowest BCUT2D eigenvalue weighted by Gasteiger charge is -2.17. The van der Waals surface area contributed by atoms with E-state index in [-0.39, 0.29) is 6.54 Å². The molecule has 0 saturated carbocycles. The molecule has 3 aromatic rings. The van der Waals surface area contributed by atoms with Crippen molar-refractivity contribution in [3.8, 4) is 10.8 Å². The average Bonchev–Trinajstić information content (AvgIpc) is 3.12. The van der Waals surface area contributed by atoms with Gasteiger partial charge in [0.25, 0.3) is 0 Å². The van der Waals surface area contributed by atoms with Gasteiger partial charge in [0.15, 0.2) is 10.8 Å². The fourth-order valence-corrected chi connectivity index (χ4v) is 3.42. The van der Waals surface area contributed by atoms with Crippen molar-refractivity contribution in [2.75, 3.05) is 13.1 Å². The highest BCUT2D eigenvalue weighted by atomic mass is 32.1. The topological polar surface area (TPSA) is 66.6 Å². The third-order valence-corrected chi connectivity index (χ3v) is 4.50. The van der Waals surface area contributed by atoms with Gasteiger partial charge in [0.2, 0.25) is 0 Å². The predicted octanol–water partition coefficient (Wildman–Crippen LogP) is 3.85. The van der Waals surface area contributed by atoms with E-state index in [1.165, 1.54) is 0 Å². The van der Waals surface area contributed by atoms with Crippen LogP contribution < -0.4 is 0 Å². The van der Waals surface area contributed by atoms with Gasteiger partial charge in [0.1, 0.15) is 5.76 Å². The van der Waals surface area contributed by atoms with Crippen LogP contribution in [0.1, 0.15) is 19.1 Å². The molecule has 0 aliphatic carbocycles. The number of benzene rings is 1. The summed E-state index contributed by atoms with van der Waals surface area (Å²) in [7, 11) is 0. The summed E-state index contributed by atoms with van der Waals surface area (Å²) in [5.74, 6) is 0.665. The Morgan fingerprint density at radius 1 is 1.30 bits per heavy atom. The molecule has 0 bridgehead atoms. The van der Waals surface area contributed by atoms with Crippen molar-refractivity contribution < 1.29 is 14.3 Å².